The van der Waals surface area contributed by atoms with Crippen molar-refractivity contribution in [3.8, 4) is 5.75 Å². The van der Waals surface area contributed by atoms with Crippen LogP contribution in [0.25, 0.3) is 0 Å². The van der Waals surface area contributed by atoms with Gasteiger partial charge in [0.15, 0.2) is 0 Å². The van der Waals surface area contributed by atoms with Crippen molar-refractivity contribution in [2.24, 2.45) is 0 Å². The molecule has 0 bridgehead atoms. The Bertz CT molecular complexity index is 345. The number of hydrogen-bond acceptors (Lipinski definition) is 3. The molecule has 3 nitrogen and oxygen atoms in total. The molecular weight excluding hydrogens is 192 g/mol. The molecule has 0 atom stereocenters. The van der Waals surface area contributed by atoms with Crippen molar-refractivity contribution < 1.29 is 14.6 Å². The third-order valence-corrected chi connectivity index (χ3v) is 2.20. The molecule has 1 aromatic carbocycles. The molecule has 0 aliphatic rings. The number of esters is 1. The molecular formula is C12H16O3. The lowest BCUT2D eigenvalue weighted by molar-refractivity contribution is -0.142. The average molecular weight is 208 g/mol. The lowest BCUT2D eigenvalue weighted by atomic mass is 10.1. The smallest absolute Gasteiger partial charge is 0.310 e. The highest BCUT2D eigenvalue weighted by Crippen LogP contribution is 2.19. The fourth-order valence-corrected chi connectivity index (χ4v) is 1.35. The molecule has 1 N–H and O–H groups in total. The number of carbonyl (C=O) groups excluding carboxylic acids is 1. The van der Waals surface area contributed by atoms with Crippen molar-refractivity contribution >= 4 is 5.97 Å². The van der Waals surface area contributed by atoms with E-state index in [1.807, 2.05) is 13.0 Å². The van der Waals surface area contributed by atoms with Crippen LogP contribution in [-0.2, 0) is 22.4 Å². The van der Waals surface area contributed by atoms with Gasteiger partial charge in [0.05, 0.1) is 13.0 Å². The second-order valence-corrected chi connectivity index (χ2v) is 3.30. The summed E-state index contributed by atoms with van der Waals surface area (Å²) < 4.78 is 4.81. The summed E-state index contributed by atoms with van der Waals surface area (Å²) in [6.07, 6.45) is 0.997. The van der Waals surface area contributed by atoms with Gasteiger partial charge in [-0.3, -0.25) is 4.79 Å². The van der Waals surface area contributed by atoms with E-state index in [0.29, 0.717) is 12.2 Å². The van der Waals surface area contributed by atoms with E-state index in [1.165, 1.54) is 0 Å². The highest BCUT2D eigenvalue weighted by atomic mass is 16.5. The van der Waals surface area contributed by atoms with Gasteiger partial charge in [-0.05, 0) is 25.0 Å². The predicted molar refractivity (Wildman–Crippen MR) is 57.8 cm³/mol. The number of hydrogen-bond donors (Lipinski definition) is 1. The maximum absolute atomic E-state index is 11.2. The van der Waals surface area contributed by atoms with Crippen molar-refractivity contribution in [1.29, 1.82) is 0 Å². The van der Waals surface area contributed by atoms with Gasteiger partial charge in [-0.1, -0.05) is 19.1 Å². The van der Waals surface area contributed by atoms with Crippen LogP contribution in [0.15, 0.2) is 18.2 Å². The van der Waals surface area contributed by atoms with Crippen LogP contribution in [0.5, 0.6) is 5.75 Å². The summed E-state index contributed by atoms with van der Waals surface area (Å²) in [6, 6.07) is 5.37. The summed E-state index contributed by atoms with van der Waals surface area (Å²) in [5.74, 6) is -0.139. The van der Waals surface area contributed by atoms with E-state index < -0.39 is 0 Å². The Hall–Kier alpha value is -1.51. The van der Waals surface area contributed by atoms with E-state index in [2.05, 4.69) is 0 Å². The number of phenolic OH excluding ortho intramolecular Hbond substituents is 1. The quantitative estimate of drug-likeness (QED) is 0.770. The van der Waals surface area contributed by atoms with E-state index in [-0.39, 0.29) is 18.1 Å². The molecule has 1 aromatic rings. The monoisotopic (exact) mass is 208 g/mol. The summed E-state index contributed by atoms with van der Waals surface area (Å²) in [6.45, 7) is 4.14. The lowest BCUT2D eigenvalue weighted by Crippen LogP contribution is -2.07. The number of aromatic hydroxyl groups is 1. The van der Waals surface area contributed by atoms with Gasteiger partial charge in [0.2, 0.25) is 0 Å². The minimum absolute atomic E-state index is 0.129. The number of phenols is 1. The molecule has 0 heterocycles. The second kappa shape index (κ2) is 5.39. The van der Waals surface area contributed by atoms with Crippen molar-refractivity contribution in [3.05, 3.63) is 29.3 Å². The Labute approximate surface area is 89.7 Å². The van der Waals surface area contributed by atoms with Crippen LogP contribution < -0.4 is 0 Å². The molecule has 0 fully saturated rings. The highest BCUT2D eigenvalue weighted by Gasteiger charge is 2.08. The fourth-order valence-electron chi connectivity index (χ4n) is 1.35. The first-order valence-corrected chi connectivity index (χ1v) is 5.13. The third-order valence-electron chi connectivity index (χ3n) is 2.20. The summed E-state index contributed by atoms with van der Waals surface area (Å²) in [5.41, 5.74) is 1.67. The summed E-state index contributed by atoms with van der Waals surface area (Å²) in [5, 5.41) is 9.63. The standard InChI is InChI=1S/C12H16O3/c1-3-9-5-6-10(11(13)7-9)8-12(14)15-4-2/h5-7,13H,3-4,8H2,1-2H3. The average Bonchev–Trinajstić information content (AvgIpc) is 2.21. The molecule has 3 heteroatoms. The molecule has 0 radical (unpaired) electrons. The molecule has 0 saturated heterocycles. The van der Waals surface area contributed by atoms with Gasteiger partial charge in [-0.25, -0.2) is 0 Å². The largest absolute Gasteiger partial charge is 0.508 e. The molecule has 0 unspecified atom stereocenters. The minimum atomic E-state index is -0.308. The zero-order valence-electron chi connectivity index (χ0n) is 9.12. The maximum atomic E-state index is 11.2. The Balaban J connectivity index is 2.73. The van der Waals surface area contributed by atoms with Gasteiger partial charge in [-0.2, -0.15) is 0 Å². The Morgan fingerprint density at radius 2 is 2.13 bits per heavy atom. The molecule has 0 aliphatic carbocycles. The number of ether oxygens (including phenoxy) is 1. The molecule has 1 rings (SSSR count). The Morgan fingerprint density at radius 3 is 2.67 bits per heavy atom. The highest BCUT2D eigenvalue weighted by molar-refractivity contribution is 5.73. The Morgan fingerprint density at radius 1 is 1.40 bits per heavy atom. The van der Waals surface area contributed by atoms with E-state index in [4.69, 9.17) is 4.74 Å². The van der Waals surface area contributed by atoms with Gasteiger partial charge in [0, 0.05) is 5.56 Å². The molecule has 0 aromatic heterocycles. The molecule has 0 spiro atoms. The van der Waals surface area contributed by atoms with E-state index in [0.717, 1.165) is 12.0 Å². The number of benzene rings is 1. The van der Waals surface area contributed by atoms with Crippen molar-refractivity contribution in [1.82, 2.24) is 0 Å². The third kappa shape index (κ3) is 3.27. The Kier molecular flexibility index (Phi) is 4.16. The van der Waals surface area contributed by atoms with Crippen molar-refractivity contribution in [3.63, 3.8) is 0 Å². The fraction of sp³-hybridized carbons (Fsp3) is 0.417. The maximum Gasteiger partial charge on any atom is 0.310 e. The van der Waals surface area contributed by atoms with Crippen molar-refractivity contribution in [2.45, 2.75) is 26.7 Å². The van der Waals surface area contributed by atoms with Crippen LogP contribution in [-0.4, -0.2) is 17.7 Å². The topological polar surface area (TPSA) is 46.5 Å². The van der Waals surface area contributed by atoms with Crippen LogP contribution in [0.4, 0.5) is 0 Å². The molecule has 82 valence electrons. The van der Waals surface area contributed by atoms with Gasteiger partial charge in [-0.15, -0.1) is 0 Å². The van der Waals surface area contributed by atoms with Crippen molar-refractivity contribution in [2.75, 3.05) is 6.61 Å². The minimum Gasteiger partial charge on any atom is -0.508 e. The first kappa shape index (κ1) is 11.6. The first-order valence-electron chi connectivity index (χ1n) is 5.13. The predicted octanol–water partition coefficient (Wildman–Crippen LogP) is 2.06. The molecule has 0 aliphatic heterocycles. The SMILES string of the molecule is CCOC(=O)Cc1ccc(CC)cc1O. The molecule has 15 heavy (non-hydrogen) atoms. The van der Waals surface area contributed by atoms with Gasteiger partial charge in [0.25, 0.3) is 0 Å². The molecule has 0 amide bonds. The summed E-state index contributed by atoms with van der Waals surface area (Å²) >= 11 is 0. The lowest BCUT2D eigenvalue weighted by Gasteiger charge is -2.06. The number of rotatable bonds is 4. The van der Waals surface area contributed by atoms with Gasteiger partial charge >= 0.3 is 5.97 Å². The van der Waals surface area contributed by atoms with Gasteiger partial charge in [0.1, 0.15) is 5.75 Å². The van der Waals surface area contributed by atoms with Crippen LogP contribution >= 0.6 is 0 Å². The van der Waals surface area contributed by atoms with E-state index in [9.17, 15) is 9.90 Å². The van der Waals surface area contributed by atoms with Gasteiger partial charge < -0.3 is 9.84 Å². The van der Waals surface area contributed by atoms with Crippen LogP contribution in [0.1, 0.15) is 25.0 Å². The van der Waals surface area contributed by atoms with Crippen LogP contribution in [0.3, 0.4) is 0 Å². The van der Waals surface area contributed by atoms with E-state index >= 15 is 0 Å². The summed E-state index contributed by atoms with van der Waals surface area (Å²) in [7, 11) is 0. The summed E-state index contributed by atoms with van der Waals surface area (Å²) in [4.78, 5) is 11.2. The normalized spacial score (nSPS) is 10.0. The zero-order valence-corrected chi connectivity index (χ0v) is 9.12. The van der Waals surface area contributed by atoms with E-state index in [1.54, 1.807) is 19.1 Å². The first-order chi connectivity index (χ1) is 7.17. The molecule has 0 saturated carbocycles. The number of carbonyl (C=O) groups is 1. The number of aryl methyl sites for hydroxylation is 1. The van der Waals surface area contributed by atoms with Crippen LogP contribution in [0.2, 0.25) is 0 Å². The second-order valence-electron chi connectivity index (χ2n) is 3.30. The zero-order chi connectivity index (χ0) is 11.3. The van der Waals surface area contributed by atoms with Crippen LogP contribution in [0, 0.1) is 0 Å².